The third-order valence-corrected chi connectivity index (χ3v) is 2.62. The summed E-state index contributed by atoms with van der Waals surface area (Å²) < 4.78 is 11.2. The van der Waals surface area contributed by atoms with Crippen molar-refractivity contribution in [2.45, 2.75) is 26.2 Å². The number of aryl methyl sites for hydroxylation is 1. The second kappa shape index (κ2) is 6.89. The zero-order valence-electron chi connectivity index (χ0n) is 11.1. The minimum Gasteiger partial charge on any atom is -0.494 e. The van der Waals surface area contributed by atoms with E-state index >= 15 is 0 Å². The molecule has 0 aliphatic rings. The lowest BCUT2D eigenvalue weighted by Crippen LogP contribution is -2.00. The molecule has 0 saturated heterocycles. The molecular weight excluding hydrogens is 242 g/mol. The van der Waals surface area contributed by atoms with E-state index in [1.54, 1.807) is 0 Å². The Morgan fingerprint density at radius 3 is 3.00 bits per heavy atom. The van der Waals surface area contributed by atoms with Gasteiger partial charge in [-0.15, -0.1) is 10.2 Å². The van der Waals surface area contributed by atoms with Gasteiger partial charge in [0.05, 0.1) is 6.61 Å². The largest absolute Gasteiger partial charge is 0.494 e. The summed E-state index contributed by atoms with van der Waals surface area (Å²) >= 11 is 0. The van der Waals surface area contributed by atoms with E-state index < -0.39 is 0 Å². The molecule has 5 heteroatoms. The lowest BCUT2D eigenvalue weighted by atomic mass is 10.2. The topological polar surface area (TPSA) is 74.2 Å². The Kier molecular flexibility index (Phi) is 4.92. The van der Waals surface area contributed by atoms with E-state index in [9.17, 15) is 0 Å². The molecule has 102 valence electrons. The molecular formula is C14H19N3O2. The van der Waals surface area contributed by atoms with Crippen molar-refractivity contribution in [2.24, 2.45) is 5.73 Å². The van der Waals surface area contributed by atoms with Crippen LogP contribution in [0, 0.1) is 0 Å². The first kappa shape index (κ1) is 13.5. The molecule has 1 aromatic heterocycles. The lowest BCUT2D eigenvalue weighted by Gasteiger charge is -2.04. The minimum absolute atomic E-state index is 0.522. The molecule has 0 amide bonds. The molecule has 1 aromatic carbocycles. The van der Waals surface area contributed by atoms with E-state index in [-0.39, 0.29) is 0 Å². The summed E-state index contributed by atoms with van der Waals surface area (Å²) in [5, 5.41) is 8.06. The summed E-state index contributed by atoms with van der Waals surface area (Å²) in [4.78, 5) is 0. The first-order chi connectivity index (χ1) is 9.33. The molecule has 5 nitrogen and oxygen atoms in total. The average molecular weight is 261 g/mol. The molecule has 0 fully saturated rings. The average Bonchev–Trinajstić information content (AvgIpc) is 2.92. The van der Waals surface area contributed by atoms with Gasteiger partial charge in [-0.25, -0.2) is 0 Å². The molecule has 0 unspecified atom stereocenters. The van der Waals surface area contributed by atoms with Crippen LogP contribution in [0.3, 0.4) is 0 Å². The maximum absolute atomic E-state index is 5.60. The Balaban J connectivity index is 2.10. The molecule has 0 atom stereocenters. The van der Waals surface area contributed by atoms with Gasteiger partial charge in [-0.1, -0.05) is 13.0 Å². The highest BCUT2D eigenvalue weighted by atomic mass is 16.5. The molecule has 2 aromatic rings. The second-order valence-corrected chi connectivity index (χ2v) is 4.27. The molecule has 0 radical (unpaired) electrons. The normalized spacial score (nSPS) is 10.6. The van der Waals surface area contributed by atoms with E-state index in [4.69, 9.17) is 14.9 Å². The predicted molar refractivity (Wildman–Crippen MR) is 72.9 cm³/mol. The van der Waals surface area contributed by atoms with E-state index in [1.165, 1.54) is 0 Å². The Morgan fingerprint density at radius 1 is 1.32 bits per heavy atom. The predicted octanol–water partition coefficient (Wildman–Crippen LogP) is 2.42. The van der Waals surface area contributed by atoms with Crippen molar-refractivity contribution in [1.82, 2.24) is 10.2 Å². The highest BCUT2D eigenvalue weighted by molar-refractivity contribution is 5.55. The maximum atomic E-state index is 5.60. The summed E-state index contributed by atoms with van der Waals surface area (Å²) in [6.45, 7) is 3.40. The summed E-state index contributed by atoms with van der Waals surface area (Å²) in [5.41, 5.74) is 6.33. The fraction of sp³-hybridized carbons (Fsp3) is 0.429. The van der Waals surface area contributed by atoms with Crippen molar-refractivity contribution in [3.05, 3.63) is 30.2 Å². The first-order valence-electron chi connectivity index (χ1n) is 6.59. The van der Waals surface area contributed by atoms with Crippen LogP contribution in [0.4, 0.5) is 0 Å². The Morgan fingerprint density at radius 2 is 2.21 bits per heavy atom. The quantitative estimate of drug-likeness (QED) is 0.828. The van der Waals surface area contributed by atoms with Crippen molar-refractivity contribution in [3.63, 3.8) is 0 Å². The van der Waals surface area contributed by atoms with Crippen LogP contribution >= 0.6 is 0 Å². The molecule has 0 spiro atoms. The van der Waals surface area contributed by atoms with Crippen LogP contribution < -0.4 is 10.5 Å². The standard InChI is InChI=1S/C14H19N3O2/c1-2-9-18-12-6-3-5-11(10-12)14-17-16-13(19-14)7-4-8-15/h3,5-6,10H,2,4,7-9,15H2,1H3. The van der Waals surface area contributed by atoms with E-state index in [0.29, 0.717) is 24.9 Å². The van der Waals surface area contributed by atoms with Gasteiger partial charge >= 0.3 is 0 Å². The molecule has 0 saturated carbocycles. The Bertz CT molecular complexity index is 511. The minimum atomic E-state index is 0.522. The van der Waals surface area contributed by atoms with Crippen LogP contribution in [-0.2, 0) is 6.42 Å². The monoisotopic (exact) mass is 261 g/mol. The van der Waals surface area contributed by atoms with Crippen LogP contribution in [0.25, 0.3) is 11.5 Å². The SMILES string of the molecule is CCCOc1cccc(-c2nnc(CCCN)o2)c1. The third-order valence-electron chi connectivity index (χ3n) is 2.62. The molecule has 19 heavy (non-hydrogen) atoms. The Labute approximate surface area is 112 Å². The van der Waals surface area contributed by atoms with Crippen LogP contribution in [0.5, 0.6) is 5.75 Å². The zero-order chi connectivity index (χ0) is 13.5. The smallest absolute Gasteiger partial charge is 0.247 e. The number of hydrogen-bond acceptors (Lipinski definition) is 5. The van der Waals surface area contributed by atoms with Gasteiger partial charge < -0.3 is 14.9 Å². The van der Waals surface area contributed by atoms with Crippen LogP contribution in [0.1, 0.15) is 25.7 Å². The number of ether oxygens (including phenoxy) is 1. The van der Waals surface area contributed by atoms with Crippen LogP contribution in [0.2, 0.25) is 0 Å². The van der Waals surface area contributed by atoms with Gasteiger partial charge in [0.2, 0.25) is 11.8 Å². The Hall–Kier alpha value is -1.88. The fourth-order valence-electron chi connectivity index (χ4n) is 1.66. The summed E-state index contributed by atoms with van der Waals surface area (Å²) in [6.07, 6.45) is 2.55. The summed E-state index contributed by atoms with van der Waals surface area (Å²) in [6, 6.07) is 7.68. The number of hydrogen-bond donors (Lipinski definition) is 1. The summed E-state index contributed by atoms with van der Waals surface area (Å²) in [7, 11) is 0. The van der Waals surface area contributed by atoms with Gasteiger partial charge in [-0.3, -0.25) is 0 Å². The lowest BCUT2D eigenvalue weighted by molar-refractivity contribution is 0.317. The van der Waals surface area contributed by atoms with Gasteiger partial charge in [-0.05, 0) is 37.6 Å². The molecule has 0 aliphatic heterocycles. The van der Waals surface area contributed by atoms with Crippen molar-refractivity contribution in [1.29, 1.82) is 0 Å². The van der Waals surface area contributed by atoms with Gasteiger partial charge in [0.15, 0.2) is 0 Å². The summed E-state index contributed by atoms with van der Waals surface area (Å²) in [5.74, 6) is 1.97. The molecule has 0 bridgehead atoms. The zero-order valence-corrected chi connectivity index (χ0v) is 11.1. The number of nitrogens with zero attached hydrogens (tertiary/aromatic N) is 2. The second-order valence-electron chi connectivity index (χ2n) is 4.27. The first-order valence-corrected chi connectivity index (χ1v) is 6.59. The van der Waals surface area contributed by atoms with E-state index in [1.807, 2.05) is 24.3 Å². The molecule has 2 N–H and O–H groups in total. The third kappa shape index (κ3) is 3.79. The van der Waals surface area contributed by atoms with Crippen molar-refractivity contribution in [2.75, 3.05) is 13.2 Å². The van der Waals surface area contributed by atoms with Crippen LogP contribution in [-0.4, -0.2) is 23.3 Å². The fourth-order valence-corrected chi connectivity index (χ4v) is 1.66. The molecule has 1 heterocycles. The van der Waals surface area contributed by atoms with Crippen molar-refractivity contribution >= 4 is 0 Å². The van der Waals surface area contributed by atoms with Crippen LogP contribution in [0.15, 0.2) is 28.7 Å². The number of aromatic nitrogens is 2. The van der Waals surface area contributed by atoms with Gasteiger partial charge in [-0.2, -0.15) is 0 Å². The highest BCUT2D eigenvalue weighted by Crippen LogP contribution is 2.23. The number of rotatable bonds is 7. The van der Waals surface area contributed by atoms with Gasteiger partial charge in [0.1, 0.15) is 5.75 Å². The van der Waals surface area contributed by atoms with Crippen molar-refractivity contribution < 1.29 is 9.15 Å². The molecule has 2 rings (SSSR count). The highest BCUT2D eigenvalue weighted by Gasteiger charge is 2.09. The molecule has 0 aliphatic carbocycles. The van der Waals surface area contributed by atoms with E-state index in [0.717, 1.165) is 30.6 Å². The number of nitrogens with two attached hydrogens (primary N) is 1. The van der Waals surface area contributed by atoms with Gasteiger partial charge in [0.25, 0.3) is 0 Å². The van der Waals surface area contributed by atoms with Gasteiger partial charge in [0, 0.05) is 12.0 Å². The van der Waals surface area contributed by atoms with E-state index in [2.05, 4.69) is 17.1 Å². The number of benzene rings is 1. The maximum Gasteiger partial charge on any atom is 0.247 e. The van der Waals surface area contributed by atoms with Crippen molar-refractivity contribution in [3.8, 4) is 17.2 Å².